The lowest BCUT2D eigenvalue weighted by atomic mass is 9.99. The number of carbonyl (C=O) groups excluding carboxylic acids is 4. The fourth-order valence-electron chi connectivity index (χ4n) is 8.01. The van der Waals surface area contributed by atoms with E-state index >= 15 is 0 Å². The van der Waals surface area contributed by atoms with Crippen LogP contribution in [-0.2, 0) is 44.7 Å². The third-order valence-electron chi connectivity index (χ3n) is 13.5. The molecule has 0 fully saturated rings. The smallest absolute Gasteiger partial charge is 0.336 e. The minimum absolute atomic E-state index is 0.0556. The number of aliphatic hydroxyl groups is 1. The molecule has 3 aromatic rings. The van der Waals surface area contributed by atoms with E-state index < -0.39 is 18.0 Å². The molecule has 0 radical (unpaired) electrons. The van der Waals surface area contributed by atoms with Gasteiger partial charge in [0.25, 0.3) is 5.95 Å². The van der Waals surface area contributed by atoms with E-state index in [-0.39, 0.29) is 54.4 Å². The van der Waals surface area contributed by atoms with E-state index in [4.69, 9.17) is 42.6 Å². The van der Waals surface area contributed by atoms with Gasteiger partial charge in [0.2, 0.25) is 0 Å². The molecule has 15 heteroatoms. The summed E-state index contributed by atoms with van der Waals surface area (Å²) in [5.74, 6) is 0.689. The summed E-state index contributed by atoms with van der Waals surface area (Å²) in [6.07, 6.45) is 23.7. The molecule has 458 valence electrons. The monoisotopic (exact) mass is 1140 g/mol. The van der Waals surface area contributed by atoms with E-state index in [0.717, 1.165) is 115 Å². The molecule has 0 saturated heterocycles. The van der Waals surface area contributed by atoms with Gasteiger partial charge in [0.05, 0.1) is 52.5 Å². The van der Waals surface area contributed by atoms with Gasteiger partial charge in [0, 0.05) is 41.0 Å². The molecule has 0 bridgehead atoms. The lowest BCUT2D eigenvalue weighted by molar-refractivity contribution is -0.154. The minimum Gasteiger partial charge on any atom is -0.489 e. The van der Waals surface area contributed by atoms with Gasteiger partial charge in [-0.2, -0.15) is 0 Å². The van der Waals surface area contributed by atoms with Gasteiger partial charge in [0.15, 0.2) is 23.0 Å². The third-order valence-corrected chi connectivity index (χ3v) is 13.5. The maximum absolute atomic E-state index is 13.3. The number of ether oxygens (including phenoxy) is 10. The van der Waals surface area contributed by atoms with E-state index in [1.165, 1.54) is 26.4 Å². The number of aliphatic hydroxyl groups excluding tert-OH is 1. The first-order chi connectivity index (χ1) is 39.7. The molecule has 1 N–H and O–H groups in total. The van der Waals surface area contributed by atoms with Gasteiger partial charge in [-0.1, -0.05) is 157 Å². The largest absolute Gasteiger partial charge is 0.489 e. The van der Waals surface area contributed by atoms with Crippen molar-refractivity contribution in [1.82, 2.24) is 0 Å². The Labute approximate surface area is 491 Å². The van der Waals surface area contributed by atoms with Gasteiger partial charge in [0.1, 0.15) is 24.2 Å². The van der Waals surface area contributed by atoms with Gasteiger partial charge in [-0.3, -0.25) is 9.59 Å². The number of methoxy groups -OCH3 is 2. The summed E-state index contributed by atoms with van der Waals surface area (Å²) in [7, 11) is 2.91. The Morgan fingerprint density at radius 1 is 0.512 bits per heavy atom. The summed E-state index contributed by atoms with van der Waals surface area (Å²) < 4.78 is 58.5. The summed E-state index contributed by atoms with van der Waals surface area (Å²) in [4.78, 5) is 50.3. The van der Waals surface area contributed by atoms with E-state index in [1.807, 2.05) is 52.0 Å². The Balaban J connectivity index is 0.00000265. The highest BCUT2D eigenvalue weighted by Gasteiger charge is 2.27. The Morgan fingerprint density at radius 2 is 0.939 bits per heavy atom. The first kappa shape index (κ1) is 71.6. The average Bonchev–Trinajstić information content (AvgIpc) is 3.64. The number of rotatable bonds is 43. The Hall–Kier alpha value is -6.48. The molecular weight excluding hydrogens is 1040 g/mol. The Morgan fingerprint density at radius 3 is 1.35 bits per heavy atom. The second-order valence-corrected chi connectivity index (χ2v) is 20.3. The van der Waals surface area contributed by atoms with Crippen LogP contribution in [-0.4, -0.2) is 76.2 Å². The van der Waals surface area contributed by atoms with E-state index in [1.54, 1.807) is 36.4 Å². The fourth-order valence-corrected chi connectivity index (χ4v) is 8.01. The molecular formula is C67H100O15. The normalized spacial score (nSPS) is 12.1. The Kier molecular flexibility index (Phi) is 38.6. The molecule has 0 aromatic heterocycles. The number of hydrogen-bond donors (Lipinski definition) is 1. The number of hydrogen-bond acceptors (Lipinski definition) is 15. The van der Waals surface area contributed by atoms with Crippen molar-refractivity contribution in [2.45, 2.75) is 197 Å². The SMILES string of the molecule is C=C(OC)OCc1ccc(/C=C/C(=O)Oc2ccc(OC(=O)/C=C/c3ccc(C(CCCO)OC(=O)C(C)CC)c(OCCCCCC)c3OCCCCCC)cc2)c(OCCCCCC)c1OCCCCCC.CCC(C)C(=O)OC. The molecule has 3 rings (SSSR count). The van der Waals surface area contributed by atoms with Crippen molar-refractivity contribution in [3.05, 3.63) is 95.5 Å². The van der Waals surface area contributed by atoms with Gasteiger partial charge in [-0.05, 0) is 94.4 Å². The molecule has 82 heavy (non-hydrogen) atoms. The molecule has 0 heterocycles. The highest BCUT2D eigenvalue weighted by atomic mass is 16.7. The van der Waals surface area contributed by atoms with Crippen molar-refractivity contribution in [3.63, 3.8) is 0 Å². The summed E-state index contributed by atoms with van der Waals surface area (Å²) in [5.41, 5.74) is 2.64. The van der Waals surface area contributed by atoms with Crippen LogP contribution in [0.15, 0.2) is 73.2 Å². The summed E-state index contributed by atoms with van der Waals surface area (Å²) >= 11 is 0. The van der Waals surface area contributed by atoms with Crippen LogP contribution in [0.1, 0.15) is 212 Å². The van der Waals surface area contributed by atoms with Crippen LogP contribution < -0.4 is 28.4 Å². The topological polar surface area (TPSA) is 181 Å². The van der Waals surface area contributed by atoms with E-state index in [0.29, 0.717) is 85.4 Å². The van der Waals surface area contributed by atoms with Gasteiger partial charge >= 0.3 is 23.9 Å². The molecule has 0 aliphatic carbocycles. The van der Waals surface area contributed by atoms with Crippen LogP contribution in [0.4, 0.5) is 0 Å². The zero-order valence-electron chi connectivity index (χ0n) is 51.4. The average molecular weight is 1150 g/mol. The second kappa shape index (κ2) is 44.1. The van der Waals surface area contributed by atoms with Crippen molar-refractivity contribution >= 4 is 36.0 Å². The van der Waals surface area contributed by atoms with Crippen LogP contribution in [0.3, 0.4) is 0 Å². The summed E-state index contributed by atoms with van der Waals surface area (Å²) in [6.45, 7) is 21.9. The molecule has 15 nitrogen and oxygen atoms in total. The van der Waals surface area contributed by atoms with E-state index in [9.17, 15) is 24.3 Å². The highest BCUT2D eigenvalue weighted by Crippen LogP contribution is 2.43. The maximum atomic E-state index is 13.3. The van der Waals surface area contributed by atoms with Crippen molar-refractivity contribution < 1.29 is 71.7 Å². The van der Waals surface area contributed by atoms with Crippen LogP contribution in [0.5, 0.6) is 34.5 Å². The van der Waals surface area contributed by atoms with Crippen molar-refractivity contribution in [1.29, 1.82) is 0 Å². The fraction of sp³-hybridized carbons (Fsp3) is 0.582. The first-order valence-corrected chi connectivity index (χ1v) is 30.2. The highest BCUT2D eigenvalue weighted by molar-refractivity contribution is 5.90. The Bertz CT molecular complexity index is 2340. The number of unbranched alkanes of at least 4 members (excludes halogenated alkanes) is 12. The van der Waals surface area contributed by atoms with Crippen molar-refractivity contribution in [2.24, 2.45) is 11.8 Å². The van der Waals surface area contributed by atoms with Crippen LogP contribution in [0, 0.1) is 11.8 Å². The molecule has 0 aliphatic heterocycles. The predicted octanol–water partition coefficient (Wildman–Crippen LogP) is 16.0. The van der Waals surface area contributed by atoms with Crippen LogP contribution in [0.25, 0.3) is 12.2 Å². The van der Waals surface area contributed by atoms with Gasteiger partial charge < -0.3 is 52.5 Å². The maximum Gasteiger partial charge on any atom is 0.336 e. The standard InChI is InChI=1S/C61H88O13.C6H12O2/c1-9-14-18-22-41-67-57-48(28-29-50(45-71-47(7)66-8)59(57)69-43-24-20-16-11-3)31-38-55(63)72-51-33-35-52(36-34-51)73-56(64)39-32-49-30-37-53(54(27-26-40-62)74-61(65)46(6)13-5)60(70-44-25-21-17-12-4)58(49)68-42-23-19-15-10-2;1-4-5(2)6(7)8-3/h28-39,46,54,62H,7,9-27,40-45H2,1-6,8H3;5H,4H2,1-3H3/b38-31+,39-32+;. The van der Waals surface area contributed by atoms with Gasteiger partial charge in [-0.25, -0.2) is 9.59 Å². The van der Waals surface area contributed by atoms with E-state index in [2.05, 4.69) is 39.0 Å². The molecule has 0 spiro atoms. The van der Waals surface area contributed by atoms with Gasteiger partial charge in [-0.15, -0.1) is 0 Å². The zero-order valence-corrected chi connectivity index (χ0v) is 51.4. The van der Waals surface area contributed by atoms with Crippen molar-refractivity contribution in [3.8, 4) is 34.5 Å². The molecule has 0 saturated carbocycles. The number of carbonyl (C=O) groups is 4. The molecule has 0 amide bonds. The second-order valence-electron chi connectivity index (χ2n) is 20.3. The minimum atomic E-state index is -0.681. The first-order valence-electron chi connectivity index (χ1n) is 30.2. The summed E-state index contributed by atoms with van der Waals surface area (Å²) in [6, 6.07) is 13.6. The lowest BCUT2D eigenvalue weighted by Crippen LogP contribution is -2.19. The molecule has 3 unspecified atom stereocenters. The predicted molar refractivity (Wildman–Crippen MR) is 324 cm³/mol. The van der Waals surface area contributed by atoms with Crippen LogP contribution in [0.2, 0.25) is 0 Å². The molecule has 3 aromatic carbocycles. The number of esters is 4. The third kappa shape index (κ3) is 28.5. The zero-order chi connectivity index (χ0) is 60.3. The number of benzene rings is 3. The van der Waals surface area contributed by atoms with Crippen molar-refractivity contribution in [2.75, 3.05) is 47.3 Å². The van der Waals surface area contributed by atoms with Crippen LogP contribution >= 0.6 is 0 Å². The molecule has 3 atom stereocenters. The quantitative estimate of drug-likeness (QED) is 0.0186. The summed E-state index contributed by atoms with van der Waals surface area (Å²) in [5, 5.41) is 9.80. The molecule has 0 aliphatic rings. The lowest BCUT2D eigenvalue weighted by Gasteiger charge is -2.25.